The molecule has 102 valence electrons. The molecule has 0 atom stereocenters. The van der Waals surface area contributed by atoms with Crippen LogP contribution in [0.5, 0.6) is 0 Å². The fourth-order valence-corrected chi connectivity index (χ4v) is 2.57. The van der Waals surface area contributed by atoms with Crippen LogP contribution in [0.2, 0.25) is 0 Å². The van der Waals surface area contributed by atoms with Gasteiger partial charge in [-0.1, -0.05) is 20.8 Å². The van der Waals surface area contributed by atoms with Gasteiger partial charge in [0.15, 0.2) is 5.82 Å². The second-order valence-electron chi connectivity index (χ2n) is 4.41. The standard InChI is InChI=1S/C13H22IN3O/c1-5-7-15-13-11(14)12(9(3)4)16-10(17-13)8-18-6-2/h9H,5-8H2,1-4H3,(H,15,16,17). The zero-order chi connectivity index (χ0) is 13.5. The number of hydrogen-bond acceptors (Lipinski definition) is 4. The van der Waals surface area contributed by atoms with E-state index in [9.17, 15) is 0 Å². The third kappa shape index (κ3) is 4.35. The van der Waals surface area contributed by atoms with Gasteiger partial charge in [-0.25, -0.2) is 9.97 Å². The third-order valence-electron chi connectivity index (χ3n) is 2.45. The van der Waals surface area contributed by atoms with E-state index in [2.05, 4.69) is 58.6 Å². The molecule has 0 unspecified atom stereocenters. The smallest absolute Gasteiger partial charge is 0.156 e. The SMILES string of the molecule is CCCNc1nc(COCC)nc(C(C)C)c1I. The molecule has 0 aliphatic rings. The molecule has 0 saturated carbocycles. The highest BCUT2D eigenvalue weighted by Gasteiger charge is 2.14. The average Bonchev–Trinajstić information content (AvgIpc) is 2.35. The summed E-state index contributed by atoms with van der Waals surface area (Å²) in [4.78, 5) is 9.13. The van der Waals surface area contributed by atoms with Crippen LogP contribution in [0, 0.1) is 3.57 Å². The van der Waals surface area contributed by atoms with Crippen LogP contribution in [-0.4, -0.2) is 23.1 Å². The van der Waals surface area contributed by atoms with Crippen molar-refractivity contribution in [3.8, 4) is 0 Å². The van der Waals surface area contributed by atoms with Crippen molar-refractivity contribution in [3.63, 3.8) is 0 Å². The highest BCUT2D eigenvalue weighted by atomic mass is 127. The first kappa shape index (κ1) is 15.6. The van der Waals surface area contributed by atoms with Crippen LogP contribution >= 0.6 is 22.6 Å². The quantitative estimate of drug-likeness (QED) is 0.753. The molecule has 5 heteroatoms. The van der Waals surface area contributed by atoms with Crippen molar-refractivity contribution in [2.24, 2.45) is 0 Å². The van der Waals surface area contributed by atoms with Gasteiger partial charge >= 0.3 is 0 Å². The first-order valence-electron chi connectivity index (χ1n) is 6.48. The van der Waals surface area contributed by atoms with Crippen molar-refractivity contribution >= 4 is 28.4 Å². The summed E-state index contributed by atoms with van der Waals surface area (Å²) < 4.78 is 6.52. The Hall–Kier alpha value is -0.430. The van der Waals surface area contributed by atoms with Crippen LogP contribution < -0.4 is 5.32 Å². The predicted octanol–water partition coefficient (Wildman–Crippen LogP) is 3.56. The fraction of sp³-hybridized carbons (Fsp3) is 0.692. The zero-order valence-electron chi connectivity index (χ0n) is 11.6. The Labute approximate surface area is 123 Å². The Morgan fingerprint density at radius 1 is 1.28 bits per heavy atom. The predicted molar refractivity (Wildman–Crippen MR) is 82.9 cm³/mol. The van der Waals surface area contributed by atoms with Crippen molar-refractivity contribution in [1.29, 1.82) is 0 Å². The molecule has 0 amide bonds. The molecule has 1 rings (SSSR count). The number of rotatable bonds is 7. The normalized spacial score (nSPS) is 11.0. The molecule has 1 aromatic rings. The number of anilines is 1. The average molecular weight is 363 g/mol. The number of ether oxygens (including phenoxy) is 1. The molecule has 0 saturated heterocycles. The van der Waals surface area contributed by atoms with Crippen molar-refractivity contribution < 1.29 is 4.74 Å². The van der Waals surface area contributed by atoms with Crippen molar-refractivity contribution in [2.45, 2.75) is 46.6 Å². The minimum atomic E-state index is 0.391. The molecule has 1 aromatic heterocycles. The Morgan fingerprint density at radius 2 is 2.00 bits per heavy atom. The summed E-state index contributed by atoms with van der Waals surface area (Å²) in [5.41, 5.74) is 1.10. The first-order valence-corrected chi connectivity index (χ1v) is 7.55. The van der Waals surface area contributed by atoms with Crippen LogP contribution in [0.25, 0.3) is 0 Å². The molecule has 1 heterocycles. The lowest BCUT2D eigenvalue weighted by Crippen LogP contribution is -2.12. The summed E-state index contributed by atoms with van der Waals surface area (Å²) in [6.45, 7) is 10.5. The fourth-order valence-electron chi connectivity index (χ4n) is 1.51. The van der Waals surface area contributed by atoms with Gasteiger partial charge < -0.3 is 10.1 Å². The molecule has 0 fully saturated rings. The minimum absolute atomic E-state index is 0.391. The molecular formula is C13H22IN3O. The molecule has 1 N–H and O–H groups in total. The summed E-state index contributed by atoms with van der Waals surface area (Å²) in [6.07, 6.45) is 1.08. The molecule has 0 aliphatic heterocycles. The maximum atomic E-state index is 5.40. The van der Waals surface area contributed by atoms with Gasteiger partial charge in [-0.3, -0.25) is 0 Å². The van der Waals surface area contributed by atoms with E-state index in [1.54, 1.807) is 0 Å². The van der Waals surface area contributed by atoms with Gasteiger partial charge in [0.05, 0.1) is 9.26 Å². The van der Waals surface area contributed by atoms with Gasteiger partial charge in [0.25, 0.3) is 0 Å². The molecule has 0 aliphatic carbocycles. The van der Waals surface area contributed by atoms with Crippen molar-refractivity contribution in [2.75, 3.05) is 18.5 Å². The first-order chi connectivity index (χ1) is 8.60. The van der Waals surface area contributed by atoms with E-state index < -0.39 is 0 Å². The summed E-state index contributed by atoms with van der Waals surface area (Å²) in [5.74, 6) is 2.09. The Bertz CT molecular complexity index is 383. The summed E-state index contributed by atoms with van der Waals surface area (Å²) >= 11 is 2.32. The second-order valence-corrected chi connectivity index (χ2v) is 5.49. The van der Waals surface area contributed by atoms with E-state index in [4.69, 9.17) is 4.74 Å². The van der Waals surface area contributed by atoms with Crippen molar-refractivity contribution in [3.05, 3.63) is 15.1 Å². The van der Waals surface area contributed by atoms with E-state index in [1.165, 1.54) is 0 Å². The Balaban J connectivity index is 3.02. The molecule has 0 bridgehead atoms. The molecule has 18 heavy (non-hydrogen) atoms. The van der Waals surface area contributed by atoms with Crippen molar-refractivity contribution in [1.82, 2.24) is 9.97 Å². The van der Waals surface area contributed by atoms with Crippen LogP contribution in [0.4, 0.5) is 5.82 Å². The topological polar surface area (TPSA) is 47.0 Å². The molecule has 0 aromatic carbocycles. The van der Waals surface area contributed by atoms with E-state index in [1.807, 2.05) is 6.92 Å². The maximum Gasteiger partial charge on any atom is 0.156 e. The van der Waals surface area contributed by atoms with Gasteiger partial charge in [0.1, 0.15) is 12.4 Å². The number of halogens is 1. The van der Waals surface area contributed by atoms with Gasteiger partial charge in [-0.15, -0.1) is 0 Å². The minimum Gasteiger partial charge on any atom is -0.374 e. The number of aromatic nitrogens is 2. The number of nitrogens with one attached hydrogen (secondary N) is 1. The second kappa shape index (κ2) is 7.89. The highest BCUT2D eigenvalue weighted by Crippen LogP contribution is 2.25. The number of hydrogen-bond donors (Lipinski definition) is 1. The van der Waals surface area contributed by atoms with Crippen LogP contribution in [0.1, 0.15) is 51.6 Å². The van der Waals surface area contributed by atoms with E-state index in [0.717, 1.165) is 33.9 Å². The van der Waals surface area contributed by atoms with E-state index in [0.29, 0.717) is 19.1 Å². The lowest BCUT2D eigenvalue weighted by Gasteiger charge is -2.14. The van der Waals surface area contributed by atoms with Crippen LogP contribution in [0.3, 0.4) is 0 Å². The third-order valence-corrected chi connectivity index (χ3v) is 3.51. The zero-order valence-corrected chi connectivity index (χ0v) is 13.7. The van der Waals surface area contributed by atoms with E-state index in [-0.39, 0.29) is 0 Å². The van der Waals surface area contributed by atoms with Gasteiger partial charge in [-0.05, 0) is 41.9 Å². The largest absolute Gasteiger partial charge is 0.374 e. The molecule has 4 nitrogen and oxygen atoms in total. The lowest BCUT2D eigenvalue weighted by molar-refractivity contribution is 0.128. The van der Waals surface area contributed by atoms with Gasteiger partial charge in [-0.2, -0.15) is 0 Å². The summed E-state index contributed by atoms with van der Waals surface area (Å²) in [6, 6.07) is 0. The highest BCUT2D eigenvalue weighted by molar-refractivity contribution is 14.1. The Morgan fingerprint density at radius 3 is 2.56 bits per heavy atom. The monoisotopic (exact) mass is 363 g/mol. The van der Waals surface area contributed by atoms with Gasteiger partial charge in [0, 0.05) is 13.2 Å². The molecular weight excluding hydrogens is 341 g/mol. The molecule has 0 radical (unpaired) electrons. The van der Waals surface area contributed by atoms with E-state index >= 15 is 0 Å². The molecule has 0 spiro atoms. The summed E-state index contributed by atoms with van der Waals surface area (Å²) in [7, 11) is 0. The lowest BCUT2D eigenvalue weighted by atomic mass is 10.1. The summed E-state index contributed by atoms with van der Waals surface area (Å²) in [5, 5.41) is 3.36. The Kier molecular flexibility index (Phi) is 6.85. The maximum absolute atomic E-state index is 5.40. The van der Waals surface area contributed by atoms with Gasteiger partial charge in [0.2, 0.25) is 0 Å². The van der Waals surface area contributed by atoms with Crippen LogP contribution in [0.15, 0.2) is 0 Å². The number of nitrogens with zero attached hydrogens (tertiary/aromatic N) is 2. The van der Waals surface area contributed by atoms with Crippen LogP contribution in [-0.2, 0) is 11.3 Å².